The molecule has 0 saturated carbocycles. The summed E-state index contributed by atoms with van der Waals surface area (Å²) in [5, 5.41) is 12.3. The van der Waals surface area contributed by atoms with Gasteiger partial charge in [0.2, 0.25) is 5.91 Å². The Bertz CT molecular complexity index is 670. The molecule has 1 amide bonds. The number of rotatable bonds is 4. The van der Waals surface area contributed by atoms with Crippen molar-refractivity contribution in [3.8, 4) is 11.8 Å². The van der Waals surface area contributed by atoms with Crippen LogP contribution in [0.3, 0.4) is 0 Å². The van der Waals surface area contributed by atoms with Gasteiger partial charge in [-0.1, -0.05) is 6.07 Å². The standard InChI is InChI=1S/C17H20F3N3O2/c1-11(24)23-10-14(4-6-16(23)17(18,19)20)22-9-12-3-5-15(25-2)13(7-12)8-21/h3,5,7,14,16,22H,4,6,9-10H2,1-2H3. The number of nitriles is 1. The fourth-order valence-corrected chi connectivity index (χ4v) is 3.04. The van der Waals surface area contributed by atoms with E-state index in [9.17, 15) is 18.0 Å². The van der Waals surface area contributed by atoms with Crippen molar-refractivity contribution in [2.24, 2.45) is 0 Å². The lowest BCUT2D eigenvalue weighted by Crippen LogP contribution is -2.57. The number of carbonyl (C=O) groups excluding carboxylic acids is 1. The van der Waals surface area contributed by atoms with Crippen LogP contribution in [0.5, 0.6) is 5.75 Å². The van der Waals surface area contributed by atoms with E-state index in [2.05, 4.69) is 5.32 Å². The minimum absolute atomic E-state index is 0.0147. The molecule has 0 bridgehead atoms. The molecule has 1 N–H and O–H groups in total. The van der Waals surface area contributed by atoms with Crippen LogP contribution < -0.4 is 10.1 Å². The highest BCUT2D eigenvalue weighted by Gasteiger charge is 2.47. The number of methoxy groups -OCH3 is 1. The van der Waals surface area contributed by atoms with E-state index in [0.29, 0.717) is 24.3 Å². The maximum absolute atomic E-state index is 13.0. The van der Waals surface area contributed by atoms with Crippen LogP contribution >= 0.6 is 0 Å². The molecule has 0 aliphatic carbocycles. The maximum Gasteiger partial charge on any atom is 0.408 e. The molecule has 1 saturated heterocycles. The highest BCUT2D eigenvalue weighted by molar-refractivity contribution is 5.74. The molecule has 1 aromatic carbocycles. The third-order valence-corrected chi connectivity index (χ3v) is 4.34. The van der Waals surface area contributed by atoms with Crippen molar-refractivity contribution in [2.45, 2.75) is 44.6 Å². The third-order valence-electron chi connectivity index (χ3n) is 4.34. The topological polar surface area (TPSA) is 65.4 Å². The Hall–Kier alpha value is -2.27. The van der Waals surface area contributed by atoms with E-state index in [1.54, 1.807) is 18.2 Å². The Kier molecular flexibility index (Phi) is 5.90. The summed E-state index contributed by atoms with van der Waals surface area (Å²) in [5.74, 6) is -0.107. The maximum atomic E-state index is 13.0. The molecule has 0 radical (unpaired) electrons. The van der Waals surface area contributed by atoms with Gasteiger partial charge >= 0.3 is 6.18 Å². The minimum atomic E-state index is -4.41. The summed E-state index contributed by atoms with van der Waals surface area (Å²) in [4.78, 5) is 12.5. The number of hydrogen-bond acceptors (Lipinski definition) is 4. The largest absolute Gasteiger partial charge is 0.495 e. The second-order valence-electron chi connectivity index (χ2n) is 6.03. The van der Waals surface area contributed by atoms with E-state index in [1.807, 2.05) is 6.07 Å². The quantitative estimate of drug-likeness (QED) is 0.902. The van der Waals surface area contributed by atoms with Gasteiger partial charge in [-0.25, -0.2) is 0 Å². The third kappa shape index (κ3) is 4.63. The molecular weight excluding hydrogens is 335 g/mol. The molecule has 1 fully saturated rings. The van der Waals surface area contributed by atoms with E-state index >= 15 is 0 Å². The van der Waals surface area contributed by atoms with Crippen molar-refractivity contribution >= 4 is 5.91 Å². The zero-order valence-electron chi connectivity index (χ0n) is 14.1. The lowest BCUT2D eigenvalue weighted by atomic mass is 9.97. The molecule has 2 unspecified atom stereocenters. The van der Waals surface area contributed by atoms with E-state index in [-0.39, 0.29) is 19.0 Å². The van der Waals surface area contributed by atoms with Gasteiger partial charge < -0.3 is 15.0 Å². The number of likely N-dealkylation sites (tertiary alicyclic amines) is 1. The Morgan fingerprint density at radius 2 is 2.16 bits per heavy atom. The second kappa shape index (κ2) is 7.74. The molecule has 25 heavy (non-hydrogen) atoms. The van der Waals surface area contributed by atoms with E-state index in [0.717, 1.165) is 17.4 Å². The lowest BCUT2D eigenvalue weighted by molar-refractivity contribution is -0.196. The number of amides is 1. The normalized spacial score (nSPS) is 20.9. The number of halogens is 3. The van der Waals surface area contributed by atoms with Gasteiger partial charge in [-0.2, -0.15) is 18.4 Å². The monoisotopic (exact) mass is 355 g/mol. The predicted molar refractivity (Wildman–Crippen MR) is 84.8 cm³/mol. The van der Waals surface area contributed by atoms with Crippen LogP contribution in [0.1, 0.15) is 30.9 Å². The smallest absolute Gasteiger partial charge is 0.408 e. The van der Waals surface area contributed by atoms with Gasteiger partial charge in [0.25, 0.3) is 0 Å². The van der Waals surface area contributed by atoms with E-state index in [4.69, 9.17) is 10.00 Å². The molecule has 1 aliphatic heterocycles. The van der Waals surface area contributed by atoms with Crippen LogP contribution in [0, 0.1) is 11.3 Å². The average molecular weight is 355 g/mol. The van der Waals surface area contributed by atoms with Gasteiger partial charge in [-0.15, -0.1) is 0 Å². The van der Waals surface area contributed by atoms with E-state index in [1.165, 1.54) is 7.11 Å². The van der Waals surface area contributed by atoms with Crippen LogP contribution in [0.25, 0.3) is 0 Å². The lowest BCUT2D eigenvalue weighted by Gasteiger charge is -2.40. The van der Waals surface area contributed by atoms with Crippen molar-refractivity contribution in [1.82, 2.24) is 10.2 Å². The van der Waals surface area contributed by atoms with Crippen LogP contribution in [-0.4, -0.2) is 42.7 Å². The van der Waals surface area contributed by atoms with Crippen molar-refractivity contribution in [3.63, 3.8) is 0 Å². The Balaban J connectivity index is 2.01. The van der Waals surface area contributed by atoms with Crippen molar-refractivity contribution in [1.29, 1.82) is 5.26 Å². The zero-order valence-corrected chi connectivity index (χ0v) is 14.1. The van der Waals surface area contributed by atoms with Crippen LogP contribution in [0.2, 0.25) is 0 Å². The minimum Gasteiger partial charge on any atom is -0.495 e. The second-order valence-corrected chi connectivity index (χ2v) is 6.03. The highest BCUT2D eigenvalue weighted by atomic mass is 19.4. The fourth-order valence-electron chi connectivity index (χ4n) is 3.04. The molecule has 0 spiro atoms. The van der Waals surface area contributed by atoms with Gasteiger partial charge in [0.1, 0.15) is 17.9 Å². The van der Waals surface area contributed by atoms with Crippen molar-refractivity contribution in [3.05, 3.63) is 29.3 Å². The first kappa shape index (κ1) is 19.1. The number of nitrogens with zero attached hydrogens (tertiary/aromatic N) is 2. The number of carbonyl (C=O) groups is 1. The molecule has 136 valence electrons. The average Bonchev–Trinajstić information content (AvgIpc) is 2.58. The van der Waals surface area contributed by atoms with Gasteiger partial charge in [0.15, 0.2) is 0 Å². The Morgan fingerprint density at radius 1 is 1.44 bits per heavy atom. The zero-order chi connectivity index (χ0) is 18.6. The number of piperidine rings is 1. The predicted octanol–water partition coefficient (Wildman–Crippen LogP) is 2.60. The summed E-state index contributed by atoms with van der Waals surface area (Å²) < 4.78 is 44.2. The molecule has 0 aromatic heterocycles. The Morgan fingerprint density at radius 3 is 2.72 bits per heavy atom. The molecule has 2 rings (SSSR count). The number of hydrogen-bond donors (Lipinski definition) is 1. The summed E-state index contributed by atoms with van der Waals surface area (Å²) >= 11 is 0. The first-order chi connectivity index (χ1) is 11.8. The first-order valence-electron chi connectivity index (χ1n) is 7.90. The molecule has 1 aromatic rings. The number of alkyl halides is 3. The summed E-state index contributed by atoms with van der Waals surface area (Å²) in [6.07, 6.45) is -4.20. The Labute approximate surface area is 144 Å². The molecule has 1 heterocycles. The fraction of sp³-hybridized carbons (Fsp3) is 0.529. The molecule has 2 atom stereocenters. The SMILES string of the molecule is COc1ccc(CNC2CCC(C(F)(F)F)N(C(C)=O)C2)cc1C#N. The number of benzene rings is 1. The summed E-state index contributed by atoms with van der Waals surface area (Å²) in [6, 6.07) is 5.24. The van der Waals surface area contributed by atoms with Gasteiger partial charge in [0, 0.05) is 26.1 Å². The van der Waals surface area contributed by atoms with Gasteiger partial charge in [-0.3, -0.25) is 4.79 Å². The van der Waals surface area contributed by atoms with E-state index < -0.39 is 18.1 Å². The molecule has 8 heteroatoms. The van der Waals surface area contributed by atoms with Crippen LogP contribution in [-0.2, 0) is 11.3 Å². The van der Waals surface area contributed by atoms with Gasteiger partial charge in [0.05, 0.1) is 12.7 Å². The van der Waals surface area contributed by atoms with Crippen molar-refractivity contribution in [2.75, 3.05) is 13.7 Å². The summed E-state index contributed by atoms with van der Waals surface area (Å²) in [6.45, 7) is 1.57. The summed E-state index contributed by atoms with van der Waals surface area (Å²) in [5.41, 5.74) is 1.22. The highest BCUT2D eigenvalue weighted by Crippen LogP contribution is 2.32. The first-order valence-corrected chi connectivity index (χ1v) is 7.90. The van der Waals surface area contributed by atoms with Crippen LogP contribution in [0.4, 0.5) is 13.2 Å². The summed E-state index contributed by atoms with van der Waals surface area (Å²) in [7, 11) is 1.48. The number of nitrogens with one attached hydrogen (secondary N) is 1. The van der Waals surface area contributed by atoms with Gasteiger partial charge in [-0.05, 0) is 30.5 Å². The van der Waals surface area contributed by atoms with Crippen molar-refractivity contribution < 1.29 is 22.7 Å². The number of ether oxygens (including phenoxy) is 1. The molecular formula is C17H20F3N3O2. The molecule has 5 nitrogen and oxygen atoms in total. The van der Waals surface area contributed by atoms with Crippen LogP contribution in [0.15, 0.2) is 18.2 Å². The molecule has 1 aliphatic rings.